The van der Waals surface area contributed by atoms with E-state index in [1.807, 2.05) is 9.44 Å². The van der Waals surface area contributed by atoms with E-state index in [0.717, 1.165) is 0 Å². The molecule has 8 amide bonds. The number of rotatable bonds is 10. The third-order valence-electron chi connectivity index (χ3n) is 7.30. The van der Waals surface area contributed by atoms with E-state index in [4.69, 9.17) is 23.2 Å². The van der Waals surface area contributed by atoms with Gasteiger partial charge < -0.3 is 31.9 Å². The molecule has 0 fully saturated rings. The van der Waals surface area contributed by atoms with Gasteiger partial charge in [0.2, 0.25) is 0 Å². The van der Waals surface area contributed by atoms with Crippen molar-refractivity contribution < 1.29 is 36.0 Å². The number of benzene rings is 5. The van der Waals surface area contributed by atoms with Crippen LogP contribution >= 0.6 is 23.2 Å². The van der Waals surface area contributed by atoms with E-state index in [2.05, 4.69) is 31.9 Å². The van der Waals surface area contributed by atoms with E-state index in [9.17, 15) is 36.0 Å². The molecule has 20 heteroatoms. The lowest BCUT2D eigenvalue weighted by molar-refractivity contribution is 0.255. The Hall–Kier alpha value is -6.34. The van der Waals surface area contributed by atoms with Gasteiger partial charge in [-0.05, 0) is 85.3 Å². The lowest BCUT2D eigenvalue weighted by Gasteiger charge is -2.16. The second-order valence-electron chi connectivity index (χ2n) is 11.3. The maximum Gasteiger partial charge on any atom is 0.333 e. The largest absolute Gasteiger partial charge is 0.333 e. The number of sulfonamides is 2. The summed E-state index contributed by atoms with van der Waals surface area (Å²) in [5, 5.41) is 15.4. The molecule has 0 aliphatic rings. The van der Waals surface area contributed by atoms with Gasteiger partial charge in [0.05, 0.1) is 11.4 Å². The van der Waals surface area contributed by atoms with Gasteiger partial charge in [0.25, 0.3) is 20.0 Å². The summed E-state index contributed by atoms with van der Waals surface area (Å²) in [4.78, 5) is 50.2. The van der Waals surface area contributed by atoms with Crippen LogP contribution in [0.3, 0.4) is 0 Å². The maximum atomic E-state index is 13.2. The van der Waals surface area contributed by atoms with E-state index in [1.165, 1.54) is 85.8 Å². The summed E-state index contributed by atoms with van der Waals surface area (Å²) in [6.45, 7) is 1.48. The molecule has 0 aliphatic carbocycles. The highest BCUT2D eigenvalue weighted by atomic mass is 35.5. The minimum absolute atomic E-state index is 0.0564. The molecule has 0 bridgehead atoms. The minimum atomic E-state index is -4.56. The zero-order chi connectivity index (χ0) is 39.8. The Bertz CT molecular complexity index is 2350. The van der Waals surface area contributed by atoms with Crippen LogP contribution in [-0.2, 0) is 20.0 Å². The molecule has 5 rings (SSSR count). The van der Waals surface area contributed by atoms with Crippen molar-refractivity contribution in [1.29, 1.82) is 0 Å². The third-order valence-corrected chi connectivity index (χ3v) is 10.5. The van der Waals surface area contributed by atoms with Crippen molar-refractivity contribution in [2.45, 2.75) is 16.7 Å². The Balaban J connectivity index is 1.22. The molecule has 0 saturated heterocycles. The summed E-state index contributed by atoms with van der Waals surface area (Å²) in [5.41, 5.74) is 0.770. The van der Waals surface area contributed by atoms with Gasteiger partial charge in [-0.15, -0.1) is 0 Å². The van der Waals surface area contributed by atoms with Crippen LogP contribution in [0.1, 0.15) is 5.56 Å². The van der Waals surface area contributed by atoms with Crippen molar-refractivity contribution in [3.8, 4) is 0 Å². The van der Waals surface area contributed by atoms with Crippen molar-refractivity contribution in [3.63, 3.8) is 0 Å². The summed E-state index contributed by atoms with van der Waals surface area (Å²) < 4.78 is 56.7. The fourth-order valence-electron chi connectivity index (χ4n) is 4.87. The zero-order valence-electron chi connectivity index (χ0n) is 28.3. The summed E-state index contributed by atoms with van der Waals surface area (Å²) >= 11 is 11.9. The molecule has 0 aliphatic heterocycles. The van der Waals surface area contributed by atoms with Gasteiger partial charge in [-0.2, -0.15) is 0 Å². The normalized spacial score (nSPS) is 11.0. The molecular weight excluding hydrogens is 795 g/mol. The Morgan fingerprint density at radius 3 is 1.18 bits per heavy atom. The molecule has 0 unspecified atom stereocenters. The second kappa shape index (κ2) is 17.2. The number of carbonyl (C=O) groups excluding carboxylic acids is 4. The van der Waals surface area contributed by atoms with Crippen molar-refractivity contribution >= 4 is 101 Å². The molecule has 8 N–H and O–H groups in total. The van der Waals surface area contributed by atoms with Crippen molar-refractivity contribution in [2.75, 3.05) is 31.9 Å². The van der Waals surface area contributed by atoms with Crippen LogP contribution in [0, 0.1) is 6.92 Å². The average molecular weight is 826 g/mol. The van der Waals surface area contributed by atoms with E-state index in [0.29, 0.717) is 21.4 Å². The van der Waals surface area contributed by atoms with Crippen LogP contribution in [-0.4, -0.2) is 41.0 Å². The maximum absolute atomic E-state index is 13.2. The predicted molar refractivity (Wildman–Crippen MR) is 211 cm³/mol. The molecule has 0 atom stereocenters. The van der Waals surface area contributed by atoms with Crippen LogP contribution in [0.4, 0.5) is 53.3 Å². The molecule has 55 heavy (non-hydrogen) atoms. The minimum Gasteiger partial charge on any atom is -0.308 e. The topological polar surface area (TPSA) is 233 Å². The lowest BCUT2D eigenvalue weighted by atomic mass is 10.1. The predicted octanol–water partition coefficient (Wildman–Crippen LogP) is 7.61. The van der Waals surface area contributed by atoms with Crippen molar-refractivity contribution in [2.24, 2.45) is 0 Å². The lowest BCUT2D eigenvalue weighted by Crippen LogP contribution is -2.36. The first-order valence-electron chi connectivity index (χ1n) is 15.7. The fraction of sp³-hybridized carbons (Fsp3) is 0.0286. The number of para-hydroxylation sites is 2. The van der Waals surface area contributed by atoms with Crippen LogP contribution in [0.15, 0.2) is 125 Å². The summed E-state index contributed by atoms with van der Waals surface area (Å²) in [6, 6.07) is 23.6. The molecule has 16 nitrogen and oxygen atoms in total. The highest BCUT2D eigenvalue weighted by Crippen LogP contribution is 2.26. The summed E-state index contributed by atoms with van der Waals surface area (Å²) in [7, 11) is -9.12. The smallest absolute Gasteiger partial charge is 0.308 e. The standard InChI is InChI=1S/C35H30Cl2N8O8S2/c1-21-26(40-34(48)44-54(50,51)30-17-4-2-13-28(30)42-32(46)38-24-11-6-9-22(36)19-24)15-8-16-27(21)41-35(49)45-55(52,53)31-18-5-3-14-29(31)43-33(47)39-25-12-7-10-23(37)20-25/h2-20H,1H3,(H2,38,42,46)(H2,39,43,47)(H2,40,44,48)(H2,41,45,49). The highest BCUT2D eigenvalue weighted by Gasteiger charge is 2.25. The second-order valence-corrected chi connectivity index (χ2v) is 15.4. The highest BCUT2D eigenvalue weighted by molar-refractivity contribution is 7.90. The average Bonchev–Trinajstić information content (AvgIpc) is 3.10. The molecule has 5 aromatic carbocycles. The summed E-state index contributed by atoms with van der Waals surface area (Å²) in [6.07, 6.45) is 0. The monoisotopic (exact) mass is 824 g/mol. The first kappa shape index (κ1) is 39.9. The first-order chi connectivity index (χ1) is 26.1. The molecule has 5 aromatic rings. The number of carbonyl (C=O) groups is 4. The van der Waals surface area contributed by atoms with E-state index in [-0.39, 0.29) is 28.3 Å². The van der Waals surface area contributed by atoms with Crippen LogP contribution in [0.25, 0.3) is 0 Å². The Morgan fingerprint density at radius 1 is 0.436 bits per heavy atom. The van der Waals surface area contributed by atoms with E-state index >= 15 is 0 Å². The van der Waals surface area contributed by atoms with Gasteiger partial charge in [-0.3, -0.25) is 0 Å². The third kappa shape index (κ3) is 10.9. The molecule has 0 spiro atoms. The molecule has 0 radical (unpaired) electrons. The molecule has 0 saturated carbocycles. The zero-order valence-corrected chi connectivity index (χ0v) is 31.5. The van der Waals surface area contributed by atoms with Gasteiger partial charge in [0.1, 0.15) is 9.79 Å². The SMILES string of the molecule is Cc1c(NC(=O)NS(=O)(=O)c2ccccc2NC(=O)Nc2cccc(Cl)c2)cccc1NC(=O)NS(=O)(=O)c1ccccc1NC(=O)Nc1cccc(Cl)c1. The van der Waals surface area contributed by atoms with E-state index in [1.54, 1.807) is 36.4 Å². The van der Waals surface area contributed by atoms with Crippen LogP contribution in [0.2, 0.25) is 10.0 Å². The molecule has 0 heterocycles. The van der Waals surface area contributed by atoms with Gasteiger partial charge in [0.15, 0.2) is 0 Å². The van der Waals surface area contributed by atoms with Crippen LogP contribution < -0.4 is 41.3 Å². The Labute approximate surface area is 325 Å². The summed E-state index contributed by atoms with van der Waals surface area (Å²) in [5.74, 6) is 0. The first-order valence-corrected chi connectivity index (χ1v) is 19.4. The fourth-order valence-corrected chi connectivity index (χ4v) is 7.39. The number of hydrogen-bond donors (Lipinski definition) is 8. The number of halogens is 2. The Kier molecular flexibility index (Phi) is 12.5. The van der Waals surface area contributed by atoms with Gasteiger partial charge in [0, 0.05) is 32.8 Å². The van der Waals surface area contributed by atoms with Gasteiger partial charge in [-0.1, -0.05) is 65.7 Å². The van der Waals surface area contributed by atoms with Crippen molar-refractivity contribution in [3.05, 3.63) is 131 Å². The number of anilines is 6. The molecule has 284 valence electrons. The number of urea groups is 4. The number of nitrogens with one attached hydrogen (secondary N) is 8. The molecular formula is C35H30Cl2N8O8S2. The van der Waals surface area contributed by atoms with Crippen molar-refractivity contribution in [1.82, 2.24) is 9.44 Å². The Morgan fingerprint density at radius 2 is 0.782 bits per heavy atom. The van der Waals surface area contributed by atoms with E-state index < -0.39 is 54.0 Å². The molecule has 0 aromatic heterocycles. The van der Waals surface area contributed by atoms with Crippen LogP contribution in [0.5, 0.6) is 0 Å². The quantitative estimate of drug-likeness (QED) is 0.0696. The van der Waals surface area contributed by atoms with Gasteiger partial charge in [-0.25, -0.2) is 45.5 Å². The number of hydrogen-bond acceptors (Lipinski definition) is 8. The number of amides is 8. The van der Waals surface area contributed by atoms with Gasteiger partial charge >= 0.3 is 24.1 Å².